The molecule has 1 N–H and O–H groups in total. The maximum Gasteiger partial charge on any atom is 0.0155 e. The van der Waals surface area contributed by atoms with Crippen molar-refractivity contribution in [2.75, 3.05) is 32.1 Å². The first-order valence-electron chi connectivity index (χ1n) is 6.06. The summed E-state index contributed by atoms with van der Waals surface area (Å²) in [6.45, 7) is 7.05. The number of hydrogen-bond acceptors (Lipinski definition) is 3. The predicted octanol–water partition coefficient (Wildman–Crippen LogP) is 2.06. The SMILES string of the molecule is CSCC(C)N(C)CC(C)CNC1CC1. The van der Waals surface area contributed by atoms with E-state index < -0.39 is 0 Å². The van der Waals surface area contributed by atoms with Gasteiger partial charge in [0.25, 0.3) is 0 Å². The second-order valence-corrected chi connectivity index (χ2v) is 5.94. The van der Waals surface area contributed by atoms with Crippen molar-refractivity contribution in [3.63, 3.8) is 0 Å². The third kappa shape index (κ3) is 5.79. The summed E-state index contributed by atoms with van der Waals surface area (Å²) in [5, 5.41) is 3.60. The van der Waals surface area contributed by atoms with Crippen LogP contribution >= 0.6 is 11.8 Å². The maximum atomic E-state index is 3.60. The van der Waals surface area contributed by atoms with E-state index in [4.69, 9.17) is 0 Å². The lowest BCUT2D eigenvalue weighted by Gasteiger charge is -2.27. The molecule has 2 atom stereocenters. The molecule has 0 saturated heterocycles. The molecule has 2 nitrogen and oxygen atoms in total. The van der Waals surface area contributed by atoms with Crippen LogP contribution in [0.4, 0.5) is 0 Å². The van der Waals surface area contributed by atoms with Gasteiger partial charge in [0.15, 0.2) is 0 Å². The number of rotatable bonds is 8. The maximum absolute atomic E-state index is 3.60. The summed E-state index contributed by atoms with van der Waals surface area (Å²) in [5.41, 5.74) is 0. The van der Waals surface area contributed by atoms with Gasteiger partial charge >= 0.3 is 0 Å². The van der Waals surface area contributed by atoms with Crippen molar-refractivity contribution in [2.45, 2.75) is 38.8 Å². The van der Waals surface area contributed by atoms with Gasteiger partial charge in [-0.05, 0) is 45.5 Å². The summed E-state index contributed by atoms with van der Waals surface area (Å²) in [4.78, 5) is 2.48. The van der Waals surface area contributed by atoms with E-state index in [1.165, 1.54) is 31.7 Å². The van der Waals surface area contributed by atoms with Crippen LogP contribution in [0.3, 0.4) is 0 Å². The highest BCUT2D eigenvalue weighted by Crippen LogP contribution is 2.18. The number of nitrogens with one attached hydrogen (secondary N) is 1. The fraction of sp³-hybridized carbons (Fsp3) is 1.00. The largest absolute Gasteiger partial charge is 0.314 e. The highest BCUT2D eigenvalue weighted by molar-refractivity contribution is 7.98. The molecule has 0 radical (unpaired) electrons. The minimum atomic E-state index is 0.698. The first-order valence-corrected chi connectivity index (χ1v) is 7.45. The standard InChI is InChI=1S/C12H26N2S/c1-10(7-13-12-5-6-12)8-14(3)11(2)9-15-4/h10-13H,5-9H2,1-4H3. The van der Waals surface area contributed by atoms with Crippen molar-refractivity contribution in [1.82, 2.24) is 10.2 Å². The lowest BCUT2D eigenvalue weighted by Crippen LogP contribution is -2.37. The molecule has 90 valence electrons. The molecule has 1 rings (SSSR count). The van der Waals surface area contributed by atoms with Crippen molar-refractivity contribution in [3.05, 3.63) is 0 Å². The summed E-state index contributed by atoms with van der Waals surface area (Å²) >= 11 is 1.94. The Bertz CT molecular complexity index is 171. The number of nitrogens with zero attached hydrogens (tertiary/aromatic N) is 1. The van der Waals surface area contributed by atoms with E-state index in [2.05, 4.69) is 37.4 Å². The van der Waals surface area contributed by atoms with E-state index in [0.29, 0.717) is 6.04 Å². The average molecular weight is 230 g/mol. The fourth-order valence-corrected chi connectivity index (χ4v) is 2.50. The van der Waals surface area contributed by atoms with Crippen molar-refractivity contribution in [3.8, 4) is 0 Å². The monoisotopic (exact) mass is 230 g/mol. The molecule has 15 heavy (non-hydrogen) atoms. The molecule has 3 heteroatoms. The number of thioether (sulfide) groups is 1. The van der Waals surface area contributed by atoms with E-state index in [1.54, 1.807) is 0 Å². The molecule has 0 aliphatic heterocycles. The highest BCUT2D eigenvalue weighted by atomic mass is 32.2. The summed E-state index contributed by atoms with van der Waals surface area (Å²) in [6.07, 6.45) is 4.97. The van der Waals surface area contributed by atoms with Gasteiger partial charge in [0, 0.05) is 24.4 Å². The highest BCUT2D eigenvalue weighted by Gasteiger charge is 2.21. The molecule has 0 heterocycles. The molecule has 0 aromatic rings. The Labute approximate surface area is 99.2 Å². The van der Waals surface area contributed by atoms with E-state index in [1.807, 2.05) is 11.8 Å². The van der Waals surface area contributed by atoms with Gasteiger partial charge in [0.2, 0.25) is 0 Å². The molecule has 0 aromatic heterocycles. The molecular weight excluding hydrogens is 204 g/mol. The van der Waals surface area contributed by atoms with Crippen LogP contribution in [-0.2, 0) is 0 Å². The zero-order valence-electron chi connectivity index (χ0n) is 10.6. The minimum absolute atomic E-state index is 0.698. The molecule has 0 bridgehead atoms. The molecule has 0 aromatic carbocycles. The molecule has 1 saturated carbocycles. The molecule has 1 aliphatic rings. The van der Waals surface area contributed by atoms with E-state index >= 15 is 0 Å². The van der Waals surface area contributed by atoms with E-state index in [9.17, 15) is 0 Å². The topological polar surface area (TPSA) is 15.3 Å². The van der Waals surface area contributed by atoms with Gasteiger partial charge in [-0.2, -0.15) is 11.8 Å². The zero-order chi connectivity index (χ0) is 11.3. The van der Waals surface area contributed by atoms with Crippen LogP contribution in [0.1, 0.15) is 26.7 Å². The van der Waals surface area contributed by atoms with Gasteiger partial charge in [-0.3, -0.25) is 0 Å². The van der Waals surface area contributed by atoms with E-state index in [-0.39, 0.29) is 0 Å². The van der Waals surface area contributed by atoms with Crippen molar-refractivity contribution in [1.29, 1.82) is 0 Å². The van der Waals surface area contributed by atoms with Crippen LogP contribution in [0, 0.1) is 5.92 Å². The summed E-state index contributed by atoms with van der Waals surface area (Å²) in [5.74, 6) is 2.00. The smallest absolute Gasteiger partial charge is 0.0155 e. The second-order valence-electron chi connectivity index (χ2n) is 5.03. The first kappa shape index (κ1) is 13.3. The summed E-state index contributed by atoms with van der Waals surface area (Å²) < 4.78 is 0. The summed E-state index contributed by atoms with van der Waals surface area (Å²) in [7, 11) is 2.24. The zero-order valence-corrected chi connectivity index (χ0v) is 11.4. The van der Waals surface area contributed by atoms with Crippen molar-refractivity contribution in [2.24, 2.45) is 5.92 Å². The Hall–Kier alpha value is 0.270. The van der Waals surface area contributed by atoms with Gasteiger partial charge in [0.1, 0.15) is 0 Å². The Morgan fingerprint density at radius 3 is 2.60 bits per heavy atom. The molecule has 2 unspecified atom stereocenters. The lowest BCUT2D eigenvalue weighted by molar-refractivity contribution is 0.237. The van der Waals surface area contributed by atoms with Crippen LogP contribution in [0.5, 0.6) is 0 Å². The molecular formula is C12H26N2S. The van der Waals surface area contributed by atoms with Crippen LogP contribution in [0.25, 0.3) is 0 Å². The van der Waals surface area contributed by atoms with Gasteiger partial charge in [-0.1, -0.05) is 6.92 Å². The van der Waals surface area contributed by atoms with Crippen LogP contribution in [-0.4, -0.2) is 49.1 Å². The third-order valence-electron chi connectivity index (χ3n) is 3.09. The Kier molecular flexibility index (Phi) is 6.02. The minimum Gasteiger partial charge on any atom is -0.314 e. The van der Waals surface area contributed by atoms with Crippen LogP contribution in [0.15, 0.2) is 0 Å². The molecule has 1 fully saturated rings. The Morgan fingerprint density at radius 2 is 2.07 bits per heavy atom. The van der Waals surface area contributed by atoms with Gasteiger partial charge in [-0.15, -0.1) is 0 Å². The molecule has 1 aliphatic carbocycles. The first-order chi connectivity index (χ1) is 7.13. The van der Waals surface area contributed by atoms with Crippen molar-refractivity contribution >= 4 is 11.8 Å². The fourth-order valence-electron chi connectivity index (χ4n) is 1.76. The van der Waals surface area contributed by atoms with Gasteiger partial charge < -0.3 is 10.2 Å². The molecule has 0 amide bonds. The summed E-state index contributed by atoms with van der Waals surface area (Å²) in [6, 6.07) is 1.55. The molecule has 0 spiro atoms. The van der Waals surface area contributed by atoms with E-state index in [0.717, 1.165) is 12.0 Å². The van der Waals surface area contributed by atoms with Crippen LogP contribution < -0.4 is 5.32 Å². The third-order valence-corrected chi connectivity index (χ3v) is 3.91. The average Bonchev–Trinajstić information content (AvgIpc) is 2.98. The Morgan fingerprint density at radius 1 is 1.40 bits per heavy atom. The predicted molar refractivity (Wildman–Crippen MR) is 70.7 cm³/mol. The second kappa shape index (κ2) is 6.77. The quantitative estimate of drug-likeness (QED) is 0.687. The number of hydrogen-bond donors (Lipinski definition) is 1. The van der Waals surface area contributed by atoms with Crippen LogP contribution in [0.2, 0.25) is 0 Å². The van der Waals surface area contributed by atoms with Gasteiger partial charge in [-0.25, -0.2) is 0 Å². The van der Waals surface area contributed by atoms with Crippen molar-refractivity contribution < 1.29 is 0 Å². The normalized spacial score (nSPS) is 20.6. The van der Waals surface area contributed by atoms with Gasteiger partial charge in [0.05, 0.1) is 0 Å². The lowest BCUT2D eigenvalue weighted by atomic mass is 10.1. The Balaban J connectivity index is 2.08.